The van der Waals surface area contributed by atoms with Gasteiger partial charge in [0.2, 0.25) is 5.91 Å². The molecule has 3 rings (SSSR count). The van der Waals surface area contributed by atoms with Crippen LogP contribution in [-0.4, -0.2) is 53.3 Å². The van der Waals surface area contributed by atoms with Crippen LogP contribution in [-0.2, 0) is 20.4 Å². The second kappa shape index (κ2) is 11.5. The number of hydrogen-bond donors (Lipinski definition) is 1. The summed E-state index contributed by atoms with van der Waals surface area (Å²) in [4.78, 5) is 28.0. The van der Waals surface area contributed by atoms with Gasteiger partial charge in [0.1, 0.15) is 12.4 Å². The Hall–Kier alpha value is -3.16. The zero-order chi connectivity index (χ0) is 27.4. The number of aromatic nitrogens is 2. The average molecular weight is 525 g/mol. The van der Waals surface area contributed by atoms with E-state index < -0.39 is 0 Å². The van der Waals surface area contributed by atoms with Crippen molar-refractivity contribution in [3.05, 3.63) is 76.4 Å². The Morgan fingerprint density at radius 3 is 2.22 bits per heavy atom. The Morgan fingerprint density at radius 2 is 1.65 bits per heavy atom. The molecule has 0 fully saturated rings. The van der Waals surface area contributed by atoms with Gasteiger partial charge in [-0.25, -0.2) is 4.68 Å². The highest BCUT2D eigenvalue weighted by atomic mass is 35.5. The molecule has 3 aromatic rings. The highest BCUT2D eigenvalue weighted by Gasteiger charge is 2.24. The third-order valence-corrected chi connectivity index (χ3v) is 6.33. The Morgan fingerprint density at radius 1 is 1.00 bits per heavy atom. The van der Waals surface area contributed by atoms with Crippen LogP contribution in [0.4, 0.5) is 5.82 Å². The first-order valence-electron chi connectivity index (χ1n) is 12.4. The molecule has 0 spiro atoms. The van der Waals surface area contributed by atoms with Crippen LogP contribution in [0.3, 0.4) is 0 Å². The van der Waals surface area contributed by atoms with E-state index in [1.807, 2.05) is 69.3 Å². The summed E-state index contributed by atoms with van der Waals surface area (Å²) in [6, 6.07) is 16.7. The summed E-state index contributed by atoms with van der Waals surface area (Å²) in [5, 5.41) is 8.17. The number of carbonyl (C=O) groups is 2. The molecule has 8 heteroatoms. The molecule has 0 unspecified atom stereocenters. The van der Waals surface area contributed by atoms with Crippen molar-refractivity contribution >= 4 is 29.2 Å². The lowest BCUT2D eigenvalue weighted by Gasteiger charge is -2.23. The number of methoxy groups -OCH3 is 1. The molecule has 0 saturated heterocycles. The number of ether oxygens (including phenoxy) is 1. The number of halogens is 1. The molecule has 0 atom stereocenters. The maximum absolute atomic E-state index is 13.3. The van der Waals surface area contributed by atoms with Gasteiger partial charge < -0.3 is 15.0 Å². The lowest BCUT2D eigenvalue weighted by Crippen LogP contribution is -2.40. The van der Waals surface area contributed by atoms with E-state index in [1.165, 1.54) is 4.90 Å². The standard InChI is InChI=1S/C29H37ClN4O3/c1-28(2,3)21-14-12-20(13-15-21)27(36)33(16-17-37-7)19-26(35)31-25-18-24(29(4,5)6)32-34(25)23-11-9-8-10-22(23)30/h8-15,18H,16-17,19H2,1-7H3,(H,31,35). The van der Waals surface area contributed by atoms with E-state index in [9.17, 15) is 9.59 Å². The number of nitrogens with zero attached hydrogens (tertiary/aromatic N) is 3. The molecule has 7 nitrogen and oxygen atoms in total. The van der Waals surface area contributed by atoms with Crippen LogP contribution in [0.5, 0.6) is 0 Å². The van der Waals surface area contributed by atoms with Crippen LogP contribution in [0.1, 0.15) is 63.2 Å². The SMILES string of the molecule is COCCN(CC(=O)Nc1cc(C(C)(C)C)nn1-c1ccccc1Cl)C(=O)c1ccc(C(C)(C)C)cc1. The quantitative estimate of drug-likeness (QED) is 0.401. The molecule has 0 radical (unpaired) electrons. The Kier molecular flexibility index (Phi) is 8.82. The third-order valence-electron chi connectivity index (χ3n) is 6.01. The van der Waals surface area contributed by atoms with E-state index >= 15 is 0 Å². The number of benzene rings is 2. The van der Waals surface area contributed by atoms with Crippen LogP contribution in [0.15, 0.2) is 54.6 Å². The average Bonchev–Trinajstić information content (AvgIpc) is 3.25. The normalized spacial score (nSPS) is 11.9. The van der Waals surface area contributed by atoms with Crippen LogP contribution in [0.25, 0.3) is 5.69 Å². The van der Waals surface area contributed by atoms with Gasteiger partial charge in [-0.05, 0) is 35.2 Å². The van der Waals surface area contributed by atoms with E-state index in [1.54, 1.807) is 17.9 Å². The fourth-order valence-corrected chi connectivity index (χ4v) is 3.96. The number of para-hydroxylation sites is 1. The van der Waals surface area contributed by atoms with E-state index in [0.717, 1.165) is 11.3 Å². The van der Waals surface area contributed by atoms with Gasteiger partial charge in [-0.3, -0.25) is 9.59 Å². The Balaban J connectivity index is 1.85. The lowest BCUT2D eigenvalue weighted by atomic mass is 9.86. The molecule has 37 heavy (non-hydrogen) atoms. The van der Waals surface area contributed by atoms with Gasteiger partial charge in [0, 0.05) is 30.7 Å². The van der Waals surface area contributed by atoms with Crippen molar-refractivity contribution in [2.75, 3.05) is 32.1 Å². The number of anilines is 1. The van der Waals surface area contributed by atoms with Crippen molar-refractivity contribution in [1.82, 2.24) is 14.7 Å². The van der Waals surface area contributed by atoms with E-state index in [0.29, 0.717) is 28.7 Å². The van der Waals surface area contributed by atoms with Crippen LogP contribution >= 0.6 is 11.6 Å². The highest BCUT2D eigenvalue weighted by molar-refractivity contribution is 6.32. The van der Waals surface area contributed by atoms with Crippen LogP contribution in [0.2, 0.25) is 5.02 Å². The molecule has 1 heterocycles. The summed E-state index contributed by atoms with van der Waals surface area (Å²) < 4.78 is 6.83. The van der Waals surface area contributed by atoms with E-state index in [-0.39, 0.29) is 35.7 Å². The molecule has 1 aromatic heterocycles. The maximum Gasteiger partial charge on any atom is 0.254 e. The molecule has 2 aromatic carbocycles. The van der Waals surface area contributed by atoms with Crippen molar-refractivity contribution in [1.29, 1.82) is 0 Å². The minimum atomic E-state index is -0.343. The number of rotatable bonds is 8. The minimum Gasteiger partial charge on any atom is -0.383 e. The zero-order valence-corrected chi connectivity index (χ0v) is 23.5. The summed E-state index contributed by atoms with van der Waals surface area (Å²) in [7, 11) is 1.57. The topological polar surface area (TPSA) is 76.5 Å². The smallest absolute Gasteiger partial charge is 0.254 e. The van der Waals surface area contributed by atoms with Crippen LogP contribution in [0, 0.1) is 0 Å². The second-order valence-corrected chi connectivity index (χ2v) is 11.5. The molecule has 0 saturated carbocycles. The highest BCUT2D eigenvalue weighted by Crippen LogP contribution is 2.29. The minimum absolute atomic E-state index is 0.0201. The Bertz CT molecular complexity index is 1240. The summed E-state index contributed by atoms with van der Waals surface area (Å²) >= 11 is 6.44. The lowest BCUT2D eigenvalue weighted by molar-refractivity contribution is -0.117. The number of carbonyl (C=O) groups excluding carboxylic acids is 2. The fraction of sp³-hybridized carbons (Fsp3) is 0.414. The third kappa shape index (κ3) is 7.21. The molecule has 0 aliphatic rings. The predicted molar refractivity (Wildman–Crippen MR) is 149 cm³/mol. The summed E-state index contributed by atoms with van der Waals surface area (Å²) in [5.74, 6) is -0.0937. The zero-order valence-electron chi connectivity index (χ0n) is 22.8. The van der Waals surface area contributed by atoms with E-state index in [2.05, 4.69) is 26.1 Å². The maximum atomic E-state index is 13.3. The predicted octanol–water partition coefficient (Wildman–Crippen LogP) is 5.85. The van der Waals surface area contributed by atoms with Crippen molar-refractivity contribution in [3.63, 3.8) is 0 Å². The van der Waals surface area contributed by atoms with Gasteiger partial charge in [0.05, 0.1) is 23.0 Å². The molecule has 2 amide bonds. The molecule has 0 aliphatic carbocycles. The van der Waals surface area contributed by atoms with Gasteiger partial charge in [0.25, 0.3) is 5.91 Å². The second-order valence-electron chi connectivity index (χ2n) is 11.1. The number of amides is 2. The fourth-order valence-electron chi connectivity index (χ4n) is 3.75. The summed E-state index contributed by atoms with van der Waals surface area (Å²) in [5.41, 5.74) is 2.84. The molecular formula is C29H37ClN4O3. The monoisotopic (exact) mass is 524 g/mol. The van der Waals surface area contributed by atoms with Gasteiger partial charge in [0.15, 0.2) is 0 Å². The van der Waals surface area contributed by atoms with Gasteiger partial charge >= 0.3 is 0 Å². The first-order chi connectivity index (χ1) is 17.3. The van der Waals surface area contributed by atoms with Gasteiger partial charge in [-0.2, -0.15) is 5.10 Å². The Labute approximate surface area is 224 Å². The molecule has 198 valence electrons. The number of nitrogens with one attached hydrogen (secondary N) is 1. The molecular weight excluding hydrogens is 488 g/mol. The van der Waals surface area contributed by atoms with Gasteiger partial charge in [-0.15, -0.1) is 0 Å². The largest absolute Gasteiger partial charge is 0.383 e. The van der Waals surface area contributed by atoms with Gasteiger partial charge in [-0.1, -0.05) is 77.4 Å². The molecule has 1 N–H and O–H groups in total. The molecule has 0 aliphatic heterocycles. The van der Waals surface area contributed by atoms with Crippen molar-refractivity contribution in [3.8, 4) is 5.69 Å². The molecule has 0 bridgehead atoms. The number of hydrogen-bond acceptors (Lipinski definition) is 4. The van der Waals surface area contributed by atoms with Crippen molar-refractivity contribution in [2.45, 2.75) is 52.4 Å². The van der Waals surface area contributed by atoms with Crippen molar-refractivity contribution in [2.24, 2.45) is 0 Å². The summed E-state index contributed by atoms with van der Waals surface area (Å²) in [6.07, 6.45) is 0. The first-order valence-corrected chi connectivity index (χ1v) is 12.7. The van der Waals surface area contributed by atoms with E-state index in [4.69, 9.17) is 21.4 Å². The van der Waals surface area contributed by atoms with Crippen LogP contribution < -0.4 is 5.32 Å². The summed E-state index contributed by atoms with van der Waals surface area (Å²) in [6.45, 7) is 13.0. The van der Waals surface area contributed by atoms with Crippen molar-refractivity contribution < 1.29 is 14.3 Å². The first kappa shape index (κ1) is 28.4.